The lowest BCUT2D eigenvalue weighted by molar-refractivity contribution is -0.249. The highest BCUT2D eigenvalue weighted by Crippen LogP contribution is 2.52. The first-order valence-corrected chi connectivity index (χ1v) is 16.5. The number of hydrogen-bond donors (Lipinski definition) is 7. The Bertz CT molecular complexity index is 1740. The summed E-state index contributed by atoms with van der Waals surface area (Å²) in [6.45, 7) is 1.94. The van der Waals surface area contributed by atoms with Gasteiger partial charge in [0.1, 0.15) is 41.7 Å². The third-order valence-corrected chi connectivity index (χ3v) is 9.77. The van der Waals surface area contributed by atoms with Crippen LogP contribution < -0.4 is 15.4 Å². The molecule has 15 heteroatoms. The van der Waals surface area contributed by atoms with Gasteiger partial charge in [0.05, 0.1) is 42.0 Å². The molecule has 7 N–H and O–H groups in total. The van der Waals surface area contributed by atoms with Crippen molar-refractivity contribution in [2.24, 2.45) is 0 Å². The third kappa shape index (κ3) is 6.36. The van der Waals surface area contributed by atoms with Crippen LogP contribution in [0.5, 0.6) is 17.2 Å². The van der Waals surface area contributed by atoms with Crippen molar-refractivity contribution in [2.75, 3.05) is 26.8 Å². The summed E-state index contributed by atoms with van der Waals surface area (Å²) in [5.41, 5.74) is -3.96. The van der Waals surface area contributed by atoms with Crippen molar-refractivity contribution < 1.29 is 63.7 Å². The van der Waals surface area contributed by atoms with E-state index in [1.54, 1.807) is 13.0 Å². The number of amides is 1. The van der Waals surface area contributed by atoms with Crippen LogP contribution in [-0.4, -0.2) is 112 Å². The SMILES string of the molecule is COc1cccc2c1C(=O)c1c(O)c3c(c(O)c1C2=O)C[C@@](O)(C(=O)CO)C[C@@H]3O[C@@H]1C[C@H](NC(=O)O[C@@H]2/C=C/CCNCC2)[C@H](O)[C@H](C)O1. The second-order valence-corrected chi connectivity index (χ2v) is 12.9. The quantitative estimate of drug-likeness (QED) is 0.135. The number of ether oxygens (including phenoxy) is 4. The van der Waals surface area contributed by atoms with Crippen LogP contribution in [0, 0.1) is 0 Å². The van der Waals surface area contributed by atoms with Crippen molar-refractivity contribution in [1.82, 2.24) is 10.6 Å². The topological polar surface area (TPSA) is 230 Å². The Morgan fingerprint density at radius 3 is 2.60 bits per heavy atom. The maximum atomic E-state index is 13.9. The van der Waals surface area contributed by atoms with Crippen LogP contribution in [0.4, 0.5) is 4.79 Å². The van der Waals surface area contributed by atoms with E-state index in [0.717, 1.165) is 13.0 Å². The number of rotatable bonds is 7. The second kappa shape index (κ2) is 14.1. The van der Waals surface area contributed by atoms with Crippen LogP contribution in [-0.2, 0) is 25.4 Å². The zero-order chi connectivity index (χ0) is 35.9. The molecule has 1 fully saturated rings. The summed E-state index contributed by atoms with van der Waals surface area (Å²) < 4.78 is 23.0. The molecule has 50 heavy (non-hydrogen) atoms. The molecule has 7 atom stereocenters. The van der Waals surface area contributed by atoms with Gasteiger partial charge in [0.2, 0.25) is 5.78 Å². The smallest absolute Gasteiger partial charge is 0.408 e. The molecule has 0 spiro atoms. The highest BCUT2D eigenvalue weighted by Gasteiger charge is 2.50. The standard InChI is InChI=1S/C35H40N2O13/c1-16-29(40)20(37-34(45)49-17-6-3-4-10-36-11-9-17)12-24(48-16)50-22-14-35(46,23(39)15-38)13-19-26(22)33(44)28-27(31(19)42)30(41)18-7-5-8-21(47-2)25(18)32(28)43/h3,5-8,16-17,20,22,24,29,36,38,40,42,44,46H,4,9-15H2,1-2H3,(H,37,45)/b6-3+/t16-,17+,20-,22-,24+,29+,35-/m0/s1. The first-order chi connectivity index (χ1) is 23.9. The van der Waals surface area contributed by atoms with Crippen LogP contribution in [0.1, 0.15) is 81.7 Å². The van der Waals surface area contributed by atoms with E-state index >= 15 is 0 Å². The number of fused-ring (bicyclic) bond motifs is 3. The lowest BCUT2D eigenvalue weighted by Gasteiger charge is -2.42. The van der Waals surface area contributed by atoms with Crippen LogP contribution in [0.3, 0.4) is 0 Å². The van der Waals surface area contributed by atoms with Crippen LogP contribution in [0.2, 0.25) is 0 Å². The molecule has 0 radical (unpaired) electrons. The van der Waals surface area contributed by atoms with E-state index in [0.29, 0.717) is 13.0 Å². The number of carbonyl (C=O) groups excluding carboxylic acids is 4. The van der Waals surface area contributed by atoms with Gasteiger partial charge in [-0.05, 0) is 38.6 Å². The Labute approximate surface area is 286 Å². The minimum Gasteiger partial charge on any atom is -0.507 e. The monoisotopic (exact) mass is 696 g/mol. The maximum absolute atomic E-state index is 13.9. The molecule has 4 aliphatic rings. The summed E-state index contributed by atoms with van der Waals surface area (Å²) in [7, 11) is 1.31. The fraction of sp³-hybridized carbons (Fsp3) is 0.486. The average Bonchev–Trinajstić information content (AvgIpc) is 3.07. The number of aliphatic hydroxyl groups excluding tert-OH is 2. The van der Waals surface area contributed by atoms with Crippen molar-refractivity contribution in [3.63, 3.8) is 0 Å². The van der Waals surface area contributed by atoms with Gasteiger partial charge in [0.15, 0.2) is 17.9 Å². The van der Waals surface area contributed by atoms with Gasteiger partial charge in [0.25, 0.3) is 0 Å². The largest absolute Gasteiger partial charge is 0.507 e. The number of aromatic hydroxyl groups is 2. The van der Waals surface area contributed by atoms with Crippen molar-refractivity contribution in [1.29, 1.82) is 0 Å². The predicted molar refractivity (Wildman–Crippen MR) is 172 cm³/mol. The summed E-state index contributed by atoms with van der Waals surface area (Å²) in [4.78, 5) is 53.3. The van der Waals surface area contributed by atoms with Gasteiger partial charge in [0, 0.05) is 42.4 Å². The Morgan fingerprint density at radius 1 is 1.10 bits per heavy atom. The van der Waals surface area contributed by atoms with Crippen LogP contribution in [0.25, 0.3) is 0 Å². The van der Waals surface area contributed by atoms with Gasteiger partial charge in [-0.25, -0.2) is 4.79 Å². The number of methoxy groups -OCH3 is 1. The van der Waals surface area contributed by atoms with Gasteiger partial charge in [-0.15, -0.1) is 0 Å². The molecular formula is C35H40N2O13. The lowest BCUT2D eigenvalue weighted by Crippen LogP contribution is -2.56. The Balaban J connectivity index is 1.33. The van der Waals surface area contributed by atoms with Gasteiger partial charge in [-0.2, -0.15) is 0 Å². The molecule has 268 valence electrons. The number of phenols is 2. The van der Waals surface area contributed by atoms with E-state index in [1.165, 1.54) is 25.3 Å². The number of benzene rings is 2. The number of hydrogen-bond acceptors (Lipinski definition) is 14. The first kappa shape index (κ1) is 35.4. The molecule has 1 saturated heterocycles. The van der Waals surface area contributed by atoms with Gasteiger partial charge in [-0.1, -0.05) is 18.2 Å². The fourth-order valence-corrected chi connectivity index (χ4v) is 7.18. The third-order valence-electron chi connectivity index (χ3n) is 9.77. The molecule has 1 amide bonds. The molecule has 0 unspecified atom stereocenters. The molecule has 0 bridgehead atoms. The van der Waals surface area contributed by atoms with Crippen molar-refractivity contribution in [2.45, 2.75) is 81.4 Å². The zero-order valence-corrected chi connectivity index (χ0v) is 27.5. The minimum absolute atomic E-state index is 0.0706. The molecule has 2 aliphatic carbocycles. The first-order valence-electron chi connectivity index (χ1n) is 16.5. The average molecular weight is 697 g/mol. The minimum atomic E-state index is -2.32. The zero-order valence-electron chi connectivity index (χ0n) is 27.5. The number of aliphatic hydroxyl groups is 3. The van der Waals surface area contributed by atoms with Gasteiger partial charge >= 0.3 is 6.09 Å². The highest BCUT2D eigenvalue weighted by atomic mass is 16.7. The molecule has 2 aromatic carbocycles. The van der Waals surface area contributed by atoms with Crippen LogP contribution >= 0.6 is 0 Å². The predicted octanol–water partition coefficient (Wildman–Crippen LogP) is 1.08. The Morgan fingerprint density at radius 2 is 1.86 bits per heavy atom. The fourth-order valence-electron chi connectivity index (χ4n) is 7.18. The van der Waals surface area contributed by atoms with Crippen LogP contribution in [0.15, 0.2) is 30.4 Å². The molecule has 6 rings (SSSR count). The molecule has 2 aliphatic heterocycles. The van der Waals surface area contributed by atoms with Gasteiger partial charge < -0.3 is 55.1 Å². The number of nitrogens with one attached hydrogen (secondary N) is 2. The Kier molecular flexibility index (Phi) is 9.99. The van der Waals surface area contributed by atoms with E-state index in [-0.39, 0.29) is 34.4 Å². The maximum Gasteiger partial charge on any atom is 0.408 e. The Hall–Kier alpha value is -4.38. The number of Topliss-reactive ketones (excluding diaryl/α,β-unsaturated/α-hetero) is 1. The van der Waals surface area contributed by atoms with Crippen molar-refractivity contribution in [3.8, 4) is 17.2 Å². The number of alkyl carbamates (subject to hydrolysis) is 1. The van der Waals surface area contributed by atoms with Crippen molar-refractivity contribution in [3.05, 3.63) is 63.7 Å². The summed E-state index contributed by atoms with van der Waals surface area (Å²) >= 11 is 0. The molecule has 2 heterocycles. The van der Waals surface area contributed by atoms with Gasteiger partial charge in [-0.3, -0.25) is 14.4 Å². The van der Waals surface area contributed by atoms with E-state index in [4.69, 9.17) is 18.9 Å². The lowest BCUT2D eigenvalue weighted by atomic mass is 9.72. The molecule has 2 aromatic rings. The molecule has 0 aromatic heterocycles. The summed E-state index contributed by atoms with van der Waals surface area (Å²) in [6, 6.07) is 3.39. The highest BCUT2D eigenvalue weighted by molar-refractivity contribution is 6.31. The van der Waals surface area contributed by atoms with Crippen molar-refractivity contribution >= 4 is 23.4 Å². The number of phenolic OH excluding ortho intramolecular Hbond substituents is 2. The molecule has 0 saturated carbocycles. The number of ketones is 3. The molecule has 15 nitrogen and oxygen atoms in total. The van der Waals surface area contributed by atoms with E-state index < -0.39 is 108 Å². The molecular weight excluding hydrogens is 656 g/mol. The number of carbonyl (C=O) groups is 4. The summed E-state index contributed by atoms with van der Waals surface area (Å²) in [5, 5.41) is 61.2. The second-order valence-electron chi connectivity index (χ2n) is 12.9. The van der Waals surface area contributed by atoms with E-state index in [2.05, 4.69) is 10.6 Å². The summed E-state index contributed by atoms with van der Waals surface area (Å²) in [5.74, 6) is -4.01. The normalized spacial score (nSPS) is 29.8. The van der Waals surface area contributed by atoms with E-state index in [9.17, 15) is 44.7 Å². The van der Waals surface area contributed by atoms with E-state index in [1.807, 2.05) is 6.08 Å². The summed E-state index contributed by atoms with van der Waals surface area (Å²) in [6.07, 6.45) is -2.34.